The fourth-order valence-corrected chi connectivity index (χ4v) is 1.04. The molecular weight excluding hydrogens is 164 g/mol. The molecule has 76 valence electrons. The van der Waals surface area contributed by atoms with Gasteiger partial charge in [0.25, 0.3) is 0 Å². The Morgan fingerprint density at radius 3 is 2.38 bits per heavy atom. The van der Waals surface area contributed by atoms with Crippen molar-refractivity contribution >= 4 is 5.91 Å². The van der Waals surface area contributed by atoms with Gasteiger partial charge >= 0.3 is 0 Å². The summed E-state index contributed by atoms with van der Waals surface area (Å²) in [6.07, 6.45) is 0.975. The summed E-state index contributed by atoms with van der Waals surface area (Å²) in [5.41, 5.74) is 0.138. The maximum Gasteiger partial charge on any atom is 0.237 e. The van der Waals surface area contributed by atoms with E-state index in [2.05, 4.69) is 38.3 Å². The van der Waals surface area contributed by atoms with Crippen LogP contribution in [0, 0.1) is 5.41 Å². The molecule has 0 aromatic heterocycles. The molecular formula is C10H20N2O. The van der Waals surface area contributed by atoms with Crippen molar-refractivity contribution in [3.63, 3.8) is 0 Å². The van der Waals surface area contributed by atoms with Gasteiger partial charge in [0, 0.05) is 6.04 Å². The Morgan fingerprint density at radius 1 is 1.54 bits per heavy atom. The van der Waals surface area contributed by atoms with E-state index in [9.17, 15) is 4.79 Å². The van der Waals surface area contributed by atoms with Crippen molar-refractivity contribution in [1.29, 1.82) is 0 Å². The van der Waals surface area contributed by atoms with Crippen LogP contribution in [0.3, 0.4) is 0 Å². The minimum absolute atomic E-state index is 0.0600. The maximum atomic E-state index is 11.5. The molecule has 1 aliphatic rings. The van der Waals surface area contributed by atoms with Gasteiger partial charge in [-0.1, -0.05) is 20.8 Å². The molecule has 1 aliphatic heterocycles. The van der Waals surface area contributed by atoms with Crippen LogP contribution in [0.1, 0.15) is 34.1 Å². The SMILES string of the molecule is CC(NC(=O)[C@H]1CCN1)C(C)(C)C. The minimum atomic E-state index is 0.0600. The van der Waals surface area contributed by atoms with Crippen LogP contribution in [0.2, 0.25) is 0 Å². The van der Waals surface area contributed by atoms with E-state index in [1.165, 1.54) is 0 Å². The van der Waals surface area contributed by atoms with Crippen LogP contribution in [-0.2, 0) is 4.79 Å². The van der Waals surface area contributed by atoms with Crippen molar-refractivity contribution in [3.05, 3.63) is 0 Å². The Hall–Kier alpha value is -0.570. The molecule has 1 heterocycles. The first-order chi connectivity index (χ1) is 5.91. The zero-order valence-corrected chi connectivity index (χ0v) is 8.98. The molecule has 0 spiro atoms. The molecule has 0 bridgehead atoms. The number of carbonyl (C=O) groups excluding carboxylic acids is 1. The number of carbonyl (C=O) groups is 1. The highest BCUT2D eigenvalue weighted by Crippen LogP contribution is 2.18. The average molecular weight is 184 g/mol. The number of amides is 1. The van der Waals surface area contributed by atoms with Gasteiger partial charge in [-0.15, -0.1) is 0 Å². The molecule has 1 unspecified atom stereocenters. The van der Waals surface area contributed by atoms with Gasteiger partial charge in [-0.05, 0) is 25.3 Å². The molecule has 0 radical (unpaired) electrons. The second-order valence-corrected chi connectivity index (χ2v) is 4.89. The summed E-state index contributed by atoms with van der Waals surface area (Å²) in [6, 6.07) is 0.284. The molecule has 0 saturated carbocycles. The topological polar surface area (TPSA) is 41.1 Å². The fraction of sp³-hybridized carbons (Fsp3) is 0.900. The number of rotatable bonds is 2. The highest BCUT2D eigenvalue weighted by atomic mass is 16.2. The molecule has 13 heavy (non-hydrogen) atoms. The molecule has 0 aromatic rings. The molecule has 2 N–H and O–H groups in total. The third-order valence-corrected chi connectivity index (χ3v) is 2.80. The van der Waals surface area contributed by atoms with Crippen molar-refractivity contribution < 1.29 is 4.79 Å². The van der Waals surface area contributed by atoms with Gasteiger partial charge in [-0.3, -0.25) is 4.79 Å². The Morgan fingerprint density at radius 2 is 2.08 bits per heavy atom. The monoisotopic (exact) mass is 184 g/mol. The summed E-state index contributed by atoms with van der Waals surface area (Å²) >= 11 is 0. The summed E-state index contributed by atoms with van der Waals surface area (Å²) in [5, 5.41) is 6.11. The minimum Gasteiger partial charge on any atom is -0.352 e. The third kappa shape index (κ3) is 2.69. The van der Waals surface area contributed by atoms with Gasteiger partial charge < -0.3 is 10.6 Å². The molecule has 1 saturated heterocycles. The van der Waals surface area contributed by atoms with Crippen LogP contribution in [0.25, 0.3) is 0 Å². The van der Waals surface area contributed by atoms with E-state index in [4.69, 9.17) is 0 Å². The number of nitrogens with one attached hydrogen (secondary N) is 2. The smallest absolute Gasteiger partial charge is 0.237 e. The first-order valence-corrected chi connectivity index (χ1v) is 4.95. The van der Waals surface area contributed by atoms with Crippen molar-refractivity contribution in [3.8, 4) is 0 Å². The Kier molecular flexibility index (Phi) is 2.96. The highest BCUT2D eigenvalue weighted by molar-refractivity contribution is 5.82. The van der Waals surface area contributed by atoms with E-state index < -0.39 is 0 Å². The molecule has 1 rings (SSSR count). The van der Waals surface area contributed by atoms with Crippen molar-refractivity contribution in [2.75, 3.05) is 6.54 Å². The van der Waals surface area contributed by atoms with E-state index in [-0.39, 0.29) is 23.4 Å². The average Bonchev–Trinajstić information content (AvgIpc) is 1.79. The molecule has 3 heteroatoms. The van der Waals surface area contributed by atoms with Crippen LogP contribution in [0.4, 0.5) is 0 Å². The first-order valence-electron chi connectivity index (χ1n) is 4.95. The summed E-state index contributed by atoms with van der Waals surface area (Å²) in [4.78, 5) is 11.5. The van der Waals surface area contributed by atoms with Crippen LogP contribution in [-0.4, -0.2) is 24.5 Å². The summed E-state index contributed by atoms with van der Waals surface area (Å²) in [7, 11) is 0. The molecule has 0 aliphatic carbocycles. The Balaban J connectivity index is 2.35. The van der Waals surface area contributed by atoms with Crippen molar-refractivity contribution in [1.82, 2.24) is 10.6 Å². The third-order valence-electron chi connectivity index (χ3n) is 2.80. The van der Waals surface area contributed by atoms with Gasteiger partial charge in [-0.25, -0.2) is 0 Å². The van der Waals surface area contributed by atoms with E-state index in [0.29, 0.717) is 0 Å². The molecule has 1 amide bonds. The first kappa shape index (κ1) is 10.5. The summed E-state index contributed by atoms with van der Waals surface area (Å²) < 4.78 is 0. The Labute approximate surface area is 80.3 Å². The van der Waals surface area contributed by atoms with Gasteiger partial charge in [0.05, 0.1) is 6.04 Å². The lowest BCUT2D eigenvalue weighted by Crippen LogP contribution is -2.56. The van der Waals surface area contributed by atoms with Crippen LogP contribution in [0.5, 0.6) is 0 Å². The van der Waals surface area contributed by atoms with Gasteiger partial charge in [0.1, 0.15) is 0 Å². The van der Waals surface area contributed by atoms with E-state index in [0.717, 1.165) is 13.0 Å². The summed E-state index contributed by atoms with van der Waals surface area (Å²) in [6.45, 7) is 9.42. The maximum absolute atomic E-state index is 11.5. The molecule has 0 aromatic carbocycles. The van der Waals surface area contributed by atoms with Gasteiger partial charge in [0.2, 0.25) is 5.91 Å². The van der Waals surface area contributed by atoms with Crippen LogP contribution in [0.15, 0.2) is 0 Å². The van der Waals surface area contributed by atoms with Crippen LogP contribution < -0.4 is 10.6 Å². The molecule has 2 atom stereocenters. The van der Waals surface area contributed by atoms with E-state index in [1.54, 1.807) is 0 Å². The Bertz CT molecular complexity index is 192. The lowest BCUT2D eigenvalue weighted by molar-refractivity contribution is -0.126. The van der Waals surface area contributed by atoms with E-state index >= 15 is 0 Å². The van der Waals surface area contributed by atoms with Gasteiger partial charge in [0.15, 0.2) is 0 Å². The fourth-order valence-electron chi connectivity index (χ4n) is 1.04. The molecule has 1 fully saturated rings. The number of hydrogen-bond donors (Lipinski definition) is 2. The van der Waals surface area contributed by atoms with Crippen molar-refractivity contribution in [2.45, 2.75) is 46.2 Å². The van der Waals surface area contributed by atoms with Crippen LogP contribution >= 0.6 is 0 Å². The second-order valence-electron chi connectivity index (χ2n) is 4.89. The van der Waals surface area contributed by atoms with Crippen molar-refractivity contribution in [2.24, 2.45) is 5.41 Å². The second kappa shape index (κ2) is 3.66. The number of hydrogen-bond acceptors (Lipinski definition) is 2. The zero-order valence-electron chi connectivity index (χ0n) is 8.98. The lowest BCUT2D eigenvalue weighted by atomic mass is 9.87. The zero-order chi connectivity index (χ0) is 10.1. The highest BCUT2D eigenvalue weighted by Gasteiger charge is 2.28. The largest absolute Gasteiger partial charge is 0.352 e. The quantitative estimate of drug-likeness (QED) is 0.669. The lowest BCUT2D eigenvalue weighted by Gasteiger charge is -2.32. The standard InChI is InChI=1S/C10H20N2O/c1-7(10(2,3)4)12-9(13)8-5-6-11-8/h7-8,11H,5-6H2,1-4H3,(H,12,13)/t7?,8-/m1/s1. The predicted molar refractivity (Wildman–Crippen MR) is 53.5 cm³/mol. The molecule has 3 nitrogen and oxygen atoms in total. The summed E-state index contributed by atoms with van der Waals surface area (Å²) in [5.74, 6) is 0.147. The van der Waals surface area contributed by atoms with E-state index in [1.807, 2.05) is 0 Å². The predicted octanol–water partition coefficient (Wildman–Crippen LogP) is 0.899. The van der Waals surface area contributed by atoms with Gasteiger partial charge in [-0.2, -0.15) is 0 Å². The normalized spacial score (nSPS) is 24.8.